The minimum atomic E-state index is -4.42. The molecule has 3 heterocycles. The van der Waals surface area contributed by atoms with Gasteiger partial charge in [-0.1, -0.05) is 41.9 Å². The van der Waals surface area contributed by atoms with E-state index in [0.29, 0.717) is 41.5 Å². The second kappa shape index (κ2) is 13.3. The number of hydrogen-bond donors (Lipinski definition) is 1. The SMILES string of the molecule is O=C(CSC(c1ccccc1)C(F)(F)F)N1CCC(N2CC(Nc3ccc(C(=O)N4CCCCC4)c(Cl)c3)C2)CC1. The number of carbonyl (C=O) groups excluding carboxylic acids is 2. The van der Waals surface area contributed by atoms with Crippen molar-refractivity contribution in [3.05, 3.63) is 64.7 Å². The van der Waals surface area contributed by atoms with Crippen LogP contribution in [0, 0.1) is 0 Å². The normalized spacial score (nSPS) is 20.0. The molecule has 41 heavy (non-hydrogen) atoms. The lowest BCUT2D eigenvalue weighted by atomic mass is 9.97. The van der Waals surface area contributed by atoms with Gasteiger partial charge in [0, 0.05) is 51.0 Å². The van der Waals surface area contributed by atoms with Crippen LogP contribution in [0.5, 0.6) is 0 Å². The molecule has 3 aliphatic rings. The molecule has 5 rings (SSSR count). The fraction of sp³-hybridized carbons (Fsp3) is 0.533. The number of amides is 2. The first-order valence-electron chi connectivity index (χ1n) is 14.3. The summed E-state index contributed by atoms with van der Waals surface area (Å²) in [7, 11) is 0. The Morgan fingerprint density at radius 1 is 0.951 bits per heavy atom. The Bertz CT molecular complexity index is 1200. The first-order chi connectivity index (χ1) is 19.7. The number of hydrogen-bond acceptors (Lipinski definition) is 5. The molecule has 6 nitrogen and oxygen atoms in total. The van der Waals surface area contributed by atoms with Gasteiger partial charge < -0.3 is 15.1 Å². The number of carbonyl (C=O) groups is 2. The molecule has 2 amide bonds. The number of piperidine rings is 2. The lowest BCUT2D eigenvalue weighted by Crippen LogP contribution is -2.60. The molecule has 1 unspecified atom stereocenters. The molecule has 3 saturated heterocycles. The van der Waals surface area contributed by atoms with Crippen molar-refractivity contribution < 1.29 is 22.8 Å². The average Bonchev–Trinajstić information content (AvgIpc) is 2.95. The number of halogens is 4. The molecule has 2 aromatic rings. The third-order valence-electron chi connectivity index (χ3n) is 8.23. The van der Waals surface area contributed by atoms with Gasteiger partial charge in [0.15, 0.2) is 0 Å². The van der Waals surface area contributed by atoms with Crippen molar-refractivity contribution in [3.8, 4) is 0 Å². The Morgan fingerprint density at radius 2 is 1.63 bits per heavy atom. The van der Waals surface area contributed by atoms with E-state index in [1.807, 2.05) is 17.0 Å². The minimum Gasteiger partial charge on any atom is -0.380 e. The van der Waals surface area contributed by atoms with Gasteiger partial charge in [-0.3, -0.25) is 14.5 Å². The third-order valence-corrected chi connectivity index (χ3v) is 9.83. The molecule has 0 aliphatic carbocycles. The maximum absolute atomic E-state index is 13.6. The van der Waals surface area contributed by atoms with Crippen LogP contribution in [-0.4, -0.2) is 89.8 Å². The number of likely N-dealkylation sites (tertiary alicyclic amines) is 3. The van der Waals surface area contributed by atoms with Gasteiger partial charge in [-0.05, 0) is 55.9 Å². The molecule has 1 atom stereocenters. The van der Waals surface area contributed by atoms with E-state index in [4.69, 9.17) is 11.6 Å². The summed E-state index contributed by atoms with van der Waals surface area (Å²) in [5.41, 5.74) is 1.60. The number of thioether (sulfide) groups is 1. The Hall–Kier alpha value is -2.43. The van der Waals surface area contributed by atoms with Crippen LogP contribution < -0.4 is 5.32 Å². The summed E-state index contributed by atoms with van der Waals surface area (Å²) < 4.78 is 40.8. The zero-order chi connectivity index (χ0) is 29.0. The highest BCUT2D eigenvalue weighted by molar-refractivity contribution is 8.00. The Labute approximate surface area is 248 Å². The third kappa shape index (κ3) is 7.51. The van der Waals surface area contributed by atoms with Gasteiger partial charge in [-0.25, -0.2) is 0 Å². The molecule has 3 aliphatic heterocycles. The van der Waals surface area contributed by atoms with Crippen molar-refractivity contribution in [2.75, 3.05) is 50.3 Å². The molecular formula is C30H36ClF3N4O2S. The molecule has 0 bridgehead atoms. The standard InChI is InChI=1S/C30H36ClF3N4O2S/c31-26-17-22(9-10-25(26)29(40)37-13-5-2-6-14-37)35-23-18-38(19-23)24-11-15-36(16-12-24)27(39)20-41-28(30(32,33)34)21-7-3-1-4-8-21/h1,3-4,7-10,17,23-24,28,35H,2,5-6,11-16,18-20H2. The first-order valence-corrected chi connectivity index (χ1v) is 15.7. The van der Waals surface area contributed by atoms with E-state index in [-0.39, 0.29) is 29.2 Å². The van der Waals surface area contributed by atoms with Crippen molar-refractivity contribution in [1.82, 2.24) is 14.7 Å². The summed E-state index contributed by atoms with van der Waals surface area (Å²) in [5, 5.41) is 2.25. The summed E-state index contributed by atoms with van der Waals surface area (Å²) in [4.78, 5) is 31.5. The fourth-order valence-electron chi connectivity index (χ4n) is 5.92. The van der Waals surface area contributed by atoms with Crippen LogP contribution in [0.3, 0.4) is 0 Å². The molecule has 11 heteroatoms. The van der Waals surface area contributed by atoms with Crippen LogP contribution in [0.15, 0.2) is 48.5 Å². The molecular weight excluding hydrogens is 573 g/mol. The van der Waals surface area contributed by atoms with Crippen molar-refractivity contribution in [2.45, 2.75) is 55.6 Å². The molecule has 0 radical (unpaired) electrons. The smallest absolute Gasteiger partial charge is 0.380 e. The number of alkyl halides is 3. The maximum atomic E-state index is 13.6. The summed E-state index contributed by atoms with van der Waals surface area (Å²) in [6.07, 6.45) is 0.433. The van der Waals surface area contributed by atoms with E-state index in [2.05, 4.69) is 10.2 Å². The zero-order valence-electron chi connectivity index (χ0n) is 22.9. The van der Waals surface area contributed by atoms with E-state index >= 15 is 0 Å². The number of nitrogens with zero attached hydrogens (tertiary/aromatic N) is 3. The lowest BCUT2D eigenvalue weighted by Gasteiger charge is -2.47. The van der Waals surface area contributed by atoms with E-state index in [9.17, 15) is 22.8 Å². The molecule has 0 saturated carbocycles. The van der Waals surface area contributed by atoms with Gasteiger partial charge >= 0.3 is 6.18 Å². The summed E-state index contributed by atoms with van der Waals surface area (Å²) in [6, 6.07) is 13.9. The predicted molar refractivity (Wildman–Crippen MR) is 157 cm³/mol. The number of anilines is 1. The monoisotopic (exact) mass is 608 g/mol. The van der Waals surface area contributed by atoms with Crippen LogP contribution in [0.1, 0.15) is 53.3 Å². The van der Waals surface area contributed by atoms with Crippen LogP contribution in [0.4, 0.5) is 18.9 Å². The molecule has 0 aromatic heterocycles. The number of nitrogens with one attached hydrogen (secondary N) is 1. The second-order valence-electron chi connectivity index (χ2n) is 11.1. The average molecular weight is 609 g/mol. The minimum absolute atomic E-state index is 0.00384. The van der Waals surface area contributed by atoms with Crippen molar-refractivity contribution in [1.29, 1.82) is 0 Å². The number of benzene rings is 2. The van der Waals surface area contributed by atoms with E-state index in [0.717, 1.165) is 64.0 Å². The van der Waals surface area contributed by atoms with Gasteiger partial charge in [-0.15, -0.1) is 11.8 Å². The van der Waals surface area contributed by atoms with Crippen LogP contribution in [0.2, 0.25) is 5.02 Å². The molecule has 3 fully saturated rings. The van der Waals surface area contributed by atoms with Crippen molar-refractivity contribution in [2.24, 2.45) is 0 Å². The summed E-state index contributed by atoms with van der Waals surface area (Å²) >= 11 is 7.14. The lowest BCUT2D eigenvalue weighted by molar-refractivity contribution is -0.131. The maximum Gasteiger partial charge on any atom is 0.404 e. The molecule has 2 aromatic carbocycles. The van der Waals surface area contributed by atoms with Crippen LogP contribution in [0.25, 0.3) is 0 Å². The molecule has 222 valence electrons. The van der Waals surface area contributed by atoms with Crippen LogP contribution >= 0.6 is 23.4 Å². The fourth-order valence-corrected chi connectivity index (χ4v) is 7.21. The van der Waals surface area contributed by atoms with Crippen molar-refractivity contribution in [3.63, 3.8) is 0 Å². The summed E-state index contributed by atoms with van der Waals surface area (Å²) in [6.45, 7) is 4.42. The van der Waals surface area contributed by atoms with Gasteiger partial charge in [0.2, 0.25) is 5.91 Å². The highest BCUT2D eigenvalue weighted by atomic mass is 35.5. The van der Waals surface area contributed by atoms with Crippen LogP contribution in [-0.2, 0) is 4.79 Å². The molecule has 1 N–H and O–H groups in total. The van der Waals surface area contributed by atoms with Gasteiger partial charge in [0.25, 0.3) is 5.91 Å². The summed E-state index contributed by atoms with van der Waals surface area (Å²) in [5.74, 6) is -0.429. The van der Waals surface area contributed by atoms with Gasteiger partial charge in [0.05, 0.1) is 22.4 Å². The first kappa shape index (κ1) is 30.0. The van der Waals surface area contributed by atoms with E-state index in [1.165, 1.54) is 12.1 Å². The van der Waals surface area contributed by atoms with E-state index in [1.54, 1.807) is 29.2 Å². The second-order valence-corrected chi connectivity index (χ2v) is 12.6. The quantitative estimate of drug-likeness (QED) is 0.393. The van der Waals surface area contributed by atoms with Gasteiger partial charge in [0.1, 0.15) is 5.25 Å². The largest absolute Gasteiger partial charge is 0.404 e. The topological polar surface area (TPSA) is 55.9 Å². The zero-order valence-corrected chi connectivity index (χ0v) is 24.5. The number of rotatable bonds is 8. The van der Waals surface area contributed by atoms with Gasteiger partial charge in [-0.2, -0.15) is 13.2 Å². The predicted octanol–water partition coefficient (Wildman–Crippen LogP) is 6.09. The Kier molecular flexibility index (Phi) is 9.71. The van der Waals surface area contributed by atoms with Crippen molar-refractivity contribution >= 4 is 40.9 Å². The Morgan fingerprint density at radius 3 is 2.27 bits per heavy atom. The molecule has 0 spiro atoms. The highest BCUT2D eigenvalue weighted by Crippen LogP contribution is 2.43. The Balaban J connectivity index is 1.04. The van der Waals surface area contributed by atoms with E-state index < -0.39 is 11.4 Å². The highest BCUT2D eigenvalue weighted by Gasteiger charge is 2.42.